The van der Waals surface area contributed by atoms with Gasteiger partial charge in [0.25, 0.3) is 0 Å². The molecule has 1 aliphatic carbocycles. The predicted octanol–water partition coefficient (Wildman–Crippen LogP) is 3.29. The molecule has 1 radical (unpaired) electrons. The SMILES string of the molecule is [CH]1CCC(CCCOCC2CS2)CC1. The quantitative estimate of drug-likeness (QED) is 0.494. The molecule has 0 spiro atoms. The van der Waals surface area contributed by atoms with Crippen LogP contribution in [0.25, 0.3) is 0 Å². The first kappa shape index (κ1) is 10.8. The zero-order chi connectivity index (χ0) is 9.64. The molecule has 1 nitrogen and oxygen atoms in total. The van der Waals surface area contributed by atoms with E-state index in [0.717, 1.165) is 24.4 Å². The van der Waals surface area contributed by atoms with Crippen molar-refractivity contribution in [2.24, 2.45) is 5.92 Å². The third kappa shape index (κ3) is 4.22. The minimum Gasteiger partial charge on any atom is -0.380 e. The highest BCUT2D eigenvalue weighted by Crippen LogP contribution is 2.30. The molecule has 1 aliphatic heterocycles. The van der Waals surface area contributed by atoms with E-state index in [9.17, 15) is 0 Å². The molecule has 0 amide bonds. The molecule has 1 atom stereocenters. The zero-order valence-electron chi connectivity index (χ0n) is 8.91. The number of ether oxygens (including phenoxy) is 1. The van der Waals surface area contributed by atoms with Crippen molar-refractivity contribution in [3.8, 4) is 0 Å². The highest BCUT2D eigenvalue weighted by atomic mass is 32.2. The Morgan fingerprint density at radius 3 is 2.79 bits per heavy atom. The fourth-order valence-corrected chi connectivity index (χ4v) is 2.56. The maximum absolute atomic E-state index is 5.62. The molecular formula is C12H21OS. The van der Waals surface area contributed by atoms with Crippen LogP contribution in [0.4, 0.5) is 0 Å². The molecule has 1 saturated carbocycles. The lowest BCUT2D eigenvalue weighted by Gasteiger charge is -2.20. The zero-order valence-corrected chi connectivity index (χ0v) is 9.73. The number of hydrogen-bond donors (Lipinski definition) is 0. The third-order valence-corrected chi connectivity index (χ3v) is 4.11. The Balaban J connectivity index is 1.41. The molecule has 81 valence electrons. The van der Waals surface area contributed by atoms with Gasteiger partial charge in [-0.25, -0.2) is 0 Å². The van der Waals surface area contributed by atoms with E-state index in [1.807, 2.05) is 11.8 Å². The van der Waals surface area contributed by atoms with Crippen molar-refractivity contribution < 1.29 is 4.74 Å². The summed E-state index contributed by atoms with van der Waals surface area (Å²) in [6, 6.07) is 0. The Bertz CT molecular complexity index is 150. The van der Waals surface area contributed by atoms with Gasteiger partial charge in [-0.15, -0.1) is 0 Å². The summed E-state index contributed by atoms with van der Waals surface area (Å²) in [6.45, 7) is 2.00. The lowest BCUT2D eigenvalue weighted by atomic mass is 9.86. The van der Waals surface area contributed by atoms with Gasteiger partial charge < -0.3 is 4.74 Å². The van der Waals surface area contributed by atoms with Gasteiger partial charge in [-0.2, -0.15) is 11.8 Å². The molecule has 0 N–H and O–H groups in total. The topological polar surface area (TPSA) is 9.23 Å². The Kier molecular flexibility index (Phi) is 4.65. The van der Waals surface area contributed by atoms with E-state index in [1.54, 1.807) is 0 Å². The molecule has 2 heteroatoms. The maximum atomic E-state index is 5.62. The van der Waals surface area contributed by atoms with E-state index < -0.39 is 0 Å². The van der Waals surface area contributed by atoms with Crippen LogP contribution in [0.5, 0.6) is 0 Å². The van der Waals surface area contributed by atoms with Crippen LogP contribution in [0.2, 0.25) is 0 Å². The van der Waals surface area contributed by atoms with Crippen LogP contribution >= 0.6 is 11.8 Å². The minimum atomic E-state index is 0.847. The van der Waals surface area contributed by atoms with E-state index in [-0.39, 0.29) is 0 Å². The van der Waals surface area contributed by atoms with Crippen molar-refractivity contribution in [2.45, 2.75) is 43.8 Å². The van der Waals surface area contributed by atoms with Crippen LogP contribution in [0.3, 0.4) is 0 Å². The van der Waals surface area contributed by atoms with E-state index in [1.165, 1.54) is 44.3 Å². The van der Waals surface area contributed by atoms with Gasteiger partial charge >= 0.3 is 0 Å². The second-order valence-corrected chi connectivity index (χ2v) is 5.82. The molecule has 0 bridgehead atoms. The van der Waals surface area contributed by atoms with Crippen molar-refractivity contribution in [1.82, 2.24) is 0 Å². The number of thioether (sulfide) groups is 1. The van der Waals surface area contributed by atoms with Gasteiger partial charge in [0.1, 0.15) is 0 Å². The third-order valence-electron chi connectivity index (χ3n) is 3.17. The van der Waals surface area contributed by atoms with Gasteiger partial charge in [-0.05, 0) is 38.0 Å². The van der Waals surface area contributed by atoms with Gasteiger partial charge in [0.05, 0.1) is 6.61 Å². The predicted molar refractivity (Wildman–Crippen MR) is 62.6 cm³/mol. The Hall–Kier alpha value is 0.310. The standard InChI is InChI=1S/C12H21OS/c1-2-5-11(6-3-1)7-4-8-13-9-12-10-14-12/h1,11-12H,2-10H2. The monoisotopic (exact) mass is 213 g/mol. The molecule has 0 aromatic carbocycles. The molecule has 1 heterocycles. The molecule has 1 saturated heterocycles. The fraction of sp³-hybridized carbons (Fsp3) is 0.917. The van der Waals surface area contributed by atoms with Gasteiger partial charge in [-0.1, -0.05) is 12.8 Å². The van der Waals surface area contributed by atoms with Gasteiger partial charge in [0.2, 0.25) is 0 Å². The first-order valence-electron chi connectivity index (χ1n) is 5.96. The van der Waals surface area contributed by atoms with Crippen LogP contribution in [0, 0.1) is 12.3 Å². The summed E-state index contributed by atoms with van der Waals surface area (Å²) in [5, 5.41) is 0.847. The van der Waals surface area contributed by atoms with Gasteiger partial charge in [0.15, 0.2) is 0 Å². The van der Waals surface area contributed by atoms with Crippen LogP contribution in [0.1, 0.15) is 38.5 Å². The van der Waals surface area contributed by atoms with Crippen molar-refractivity contribution in [2.75, 3.05) is 19.0 Å². The number of hydrogen-bond acceptors (Lipinski definition) is 2. The second kappa shape index (κ2) is 6.02. The first-order chi connectivity index (χ1) is 6.95. The van der Waals surface area contributed by atoms with Crippen LogP contribution in [-0.2, 0) is 4.74 Å². The average molecular weight is 213 g/mol. The maximum Gasteiger partial charge on any atom is 0.0593 e. The lowest BCUT2D eigenvalue weighted by Crippen LogP contribution is -2.08. The molecule has 0 aromatic heterocycles. The van der Waals surface area contributed by atoms with Crippen LogP contribution in [0.15, 0.2) is 0 Å². The molecule has 1 unspecified atom stereocenters. The Morgan fingerprint density at radius 2 is 2.07 bits per heavy atom. The van der Waals surface area contributed by atoms with E-state index >= 15 is 0 Å². The summed E-state index contributed by atoms with van der Waals surface area (Å²) in [4.78, 5) is 0. The van der Waals surface area contributed by atoms with Gasteiger partial charge in [0, 0.05) is 17.6 Å². The van der Waals surface area contributed by atoms with Crippen LogP contribution in [-0.4, -0.2) is 24.2 Å². The summed E-state index contributed by atoms with van der Waals surface area (Å²) in [5.74, 6) is 2.33. The minimum absolute atomic E-state index is 0.847. The molecule has 2 rings (SSSR count). The molecule has 0 aromatic rings. The van der Waals surface area contributed by atoms with E-state index in [2.05, 4.69) is 6.42 Å². The van der Waals surface area contributed by atoms with Crippen molar-refractivity contribution >= 4 is 11.8 Å². The normalized spacial score (nSPS) is 27.9. The van der Waals surface area contributed by atoms with Gasteiger partial charge in [-0.3, -0.25) is 0 Å². The van der Waals surface area contributed by atoms with Crippen molar-refractivity contribution in [3.05, 3.63) is 6.42 Å². The summed E-state index contributed by atoms with van der Waals surface area (Å²) in [5.41, 5.74) is 0. The number of rotatable bonds is 6. The molecule has 2 fully saturated rings. The fourth-order valence-electron chi connectivity index (χ4n) is 2.14. The lowest BCUT2D eigenvalue weighted by molar-refractivity contribution is 0.132. The van der Waals surface area contributed by atoms with E-state index in [4.69, 9.17) is 4.74 Å². The Labute approximate surface area is 92.0 Å². The summed E-state index contributed by atoms with van der Waals surface area (Å²) >= 11 is 2.03. The highest BCUT2D eigenvalue weighted by Gasteiger charge is 2.22. The first-order valence-corrected chi connectivity index (χ1v) is 7.01. The van der Waals surface area contributed by atoms with Crippen molar-refractivity contribution in [1.29, 1.82) is 0 Å². The molecular weight excluding hydrogens is 192 g/mol. The van der Waals surface area contributed by atoms with Crippen LogP contribution < -0.4 is 0 Å². The van der Waals surface area contributed by atoms with Crippen molar-refractivity contribution in [3.63, 3.8) is 0 Å². The second-order valence-electron chi connectivity index (χ2n) is 4.48. The average Bonchev–Trinajstić information content (AvgIpc) is 3.03. The molecule has 14 heavy (non-hydrogen) atoms. The van der Waals surface area contributed by atoms with E-state index in [0.29, 0.717) is 0 Å². The Morgan fingerprint density at radius 1 is 1.29 bits per heavy atom. The largest absolute Gasteiger partial charge is 0.380 e. The summed E-state index contributed by atoms with van der Waals surface area (Å²) in [6.07, 6.45) is 10.7. The molecule has 2 aliphatic rings. The highest BCUT2D eigenvalue weighted by molar-refractivity contribution is 8.06. The smallest absolute Gasteiger partial charge is 0.0593 e. The summed E-state index contributed by atoms with van der Waals surface area (Å²) in [7, 11) is 0. The summed E-state index contributed by atoms with van der Waals surface area (Å²) < 4.78 is 5.62.